The molecule has 0 aliphatic carbocycles. The number of aromatic nitrogens is 3. The molecule has 0 unspecified atom stereocenters. The van der Waals surface area contributed by atoms with E-state index in [1.54, 1.807) is 0 Å². The van der Waals surface area contributed by atoms with Crippen molar-refractivity contribution < 1.29 is 4.74 Å². The van der Waals surface area contributed by atoms with Crippen LogP contribution in [0.15, 0.2) is 65.8 Å². The first-order valence-corrected chi connectivity index (χ1v) is 9.10. The lowest BCUT2D eigenvalue weighted by Gasteiger charge is -2.15. The van der Waals surface area contributed by atoms with Gasteiger partial charge in [0.1, 0.15) is 0 Å². The molecule has 124 valence electrons. The van der Waals surface area contributed by atoms with Crippen molar-refractivity contribution in [3.8, 4) is 17.1 Å². The topological polar surface area (TPSA) is 59.9 Å². The molecule has 25 heavy (non-hydrogen) atoms. The lowest BCUT2D eigenvalue weighted by molar-refractivity contribution is 0.266. The van der Waals surface area contributed by atoms with Crippen molar-refractivity contribution in [2.24, 2.45) is 0 Å². The molecule has 1 atom stereocenters. The van der Waals surface area contributed by atoms with Crippen LogP contribution < -0.4 is 10.1 Å². The van der Waals surface area contributed by atoms with Crippen LogP contribution in [-0.2, 0) is 0 Å². The molecule has 1 aliphatic rings. The number of ether oxygens (including phenoxy) is 1. The Labute approximate surface area is 150 Å². The number of para-hydroxylation sites is 1. The minimum Gasteiger partial charge on any atom is -0.448 e. The zero-order valence-corrected chi connectivity index (χ0v) is 14.4. The molecule has 2 aromatic carbocycles. The molecule has 0 spiro atoms. The van der Waals surface area contributed by atoms with E-state index in [9.17, 15) is 0 Å². The maximum Gasteiger partial charge on any atom is 0.247 e. The van der Waals surface area contributed by atoms with E-state index in [0.717, 1.165) is 16.8 Å². The predicted molar refractivity (Wildman–Crippen MR) is 101 cm³/mol. The second kappa shape index (κ2) is 6.94. The Bertz CT molecular complexity index is 914. The summed E-state index contributed by atoms with van der Waals surface area (Å²) in [6, 6.07) is 18.0. The van der Waals surface area contributed by atoms with Gasteiger partial charge in [0.25, 0.3) is 0 Å². The van der Waals surface area contributed by atoms with Crippen LogP contribution in [-0.4, -0.2) is 27.7 Å². The number of nitrogens with zero attached hydrogens (tertiary/aromatic N) is 3. The van der Waals surface area contributed by atoms with E-state index in [0.29, 0.717) is 16.7 Å². The number of rotatable bonds is 3. The summed E-state index contributed by atoms with van der Waals surface area (Å²) in [5.74, 6) is 0.486. The smallest absolute Gasteiger partial charge is 0.247 e. The van der Waals surface area contributed by atoms with Crippen molar-refractivity contribution in [3.05, 3.63) is 66.2 Å². The van der Waals surface area contributed by atoms with Crippen LogP contribution in [0.4, 0.5) is 5.69 Å². The number of hydrogen-bond acceptors (Lipinski definition) is 6. The Morgan fingerprint density at radius 3 is 2.68 bits per heavy atom. The van der Waals surface area contributed by atoms with Crippen LogP contribution >= 0.6 is 11.8 Å². The monoisotopic (exact) mass is 348 g/mol. The fraction of sp³-hybridized carbons (Fsp3) is 0.105. The highest BCUT2D eigenvalue weighted by Gasteiger charge is 2.23. The molecule has 5 nitrogen and oxygen atoms in total. The second-order valence-electron chi connectivity index (χ2n) is 5.45. The molecule has 4 rings (SSSR count). The van der Waals surface area contributed by atoms with Gasteiger partial charge in [-0.15, -0.1) is 10.2 Å². The fourth-order valence-electron chi connectivity index (χ4n) is 2.60. The lowest BCUT2D eigenvalue weighted by atomic mass is 10.1. The summed E-state index contributed by atoms with van der Waals surface area (Å²) >= 11 is 1.44. The average molecular weight is 348 g/mol. The molecule has 0 saturated heterocycles. The summed E-state index contributed by atoms with van der Waals surface area (Å²) in [5.41, 5.74) is 3.63. The molecule has 6 heteroatoms. The van der Waals surface area contributed by atoms with Gasteiger partial charge in [0.15, 0.2) is 11.9 Å². The van der Waals surface area contributed by atoms with Crippen LogP contribution in [0.5, 0.6) is 5.88 Å². The van der Waals surface area contributed by atoms with Crippen LogP contribution in [0.3, 0.4) is 0 Å². The van der Waals surface area contributed by atoms with Crippen molar-refractivity contribution in [3.63, 3.8) is 0 Å². The second-order valence-corrected chi connectivity index (χ2v) is 6.22. The zero-order valence-electron chi connectivity index (χ0n) is 13.6. The SMILES string of the molecule is CSc1nnc2c(n1)O[C@H](/C=C/c1ccccc1)Nc1ccccc1-2. The highest BCUT2D eigenvalue weighted by Crippen LogP contribution is 2.36. The first-order chi connectivity index (χ1) is 12.3. The summed E-state index contributed by atoms with van der Waals surface area (Å²) in [5, 5.41) is 12.4. The minimum absolute atomic E-state index is 0.353. The predicted octanol–water partition coefficient (Wildman–Crippen LogP) is 4.10. The molecule has 1 aliphatic heterocycles. The Kier molecular flexibility index (Phi) is 4.35. The third kappa shape index (κ3) is 3.34. The summed E-state index contributed by atoms with van der Waals surface area (Å²) in [7, 11) is 0. The first-order valence-electron chi connectivity index (χ1n) is 7.88. The Morgan fingerprint density at radius 1 is 1.04 bits per heavy atom. The Hall–Kier alpha value is -2.86. The number of fused-ring (bicyclic) bond motifs is 3. The summed E-state index contributed by atoms with van der Waals surface area (Å²) in [6.45, 7) is 0. The molecule has 0 bridgehead atoms. The number of nitrogens with one attached hydrogen (secondary N) is 1. The van der Waals surface area contributed by atoms with Gasteiger partial charge in [0.05, 0.1) is 0 Å². The van der Waals surface area contributed by atoms with Gasteiger partial charge in [0.2, 0.25) is 11.0 Å². The van der Waals surface area contributed by atoms with E-state index in [2.05, 4.69) is 20.5 Å². The molecule has 3 aromatic rings. The lowest BCUT2D eigenvalue weighted by Crippen LogP contribution is -2.23. The quantitative estimate of drug-likeness (QED) is 0.719. The van der Waals surface area contributed by atoms with E-state index < -0.39 is 0 Å². The minimum atomic E-state index is -0.353. The first kappa shape index (κ1) is 15.7. The maximum atomic E-state index is 6.08. The third-order valence-electron chi connectivity index (χ3n) is 3.80. The summed E-state index contributed by atoms with van der Waals surface area (Å²) < 4.78 is 6.08. The molecule has 0 saturated carbocycles. The normalized spacial score (nSPS) is 15.6. The van der Waals surface area contributed by atoms with Crippen molar-refractivity contribution in [2.75, 3.05) is 11.6 Å². The van der Waals surface area contributed by atoms with Crippen LogP contribution in [0, 0.1) is 0 Å². The van der Waals surface area contributed by atoms with Gasteiger partial charge in [-0.2, -0.15) is 4.98 Å². The van der Waals surface area contributed by atoms with E-state index in [4.69, 9.17) is 4.74 Å². The summed E-state index contributed by atoms with van der Waals surface area (Å²) in [4.78, 5) is 4.49. The standard InChI is InChI=1S/C19H16N4OS/c1-25-19-21-18-17(22-23-19)14-9-5-6-10-15(14)20-16(24-18)12-11-13-7-3-2-4-8-13/h2-12,16,20H,1H3/b12-11+/t16-/m1/s1. The van der Waals surface area contributed by atoms with Gasteiger partial charge < -0.3 is 10.1 Å². The number of benzene rings is 2. The largest absolute Gasteiger partial charge is 0.448 e. The molecule has 1 aromatic heterocycles. The molecular formula is C19H16N4OS. The summed E-state index contributed by atoms with van der Waals surface area (Å²) in [6.07, 6.45) is 5.56. The molecule has 0 fully saturated rings. The van der Waals surface area contributed by atoms with Crippen molar-refractivity contribution in [1.82, 2.24) is 15.2 Å². The van der Waals surface area contributed by atoms with E-state index in [1.165, 1.54) is 11.8 Å². The third-order valence-corrected chi connectivity index (χ3v) is 4.34. The van der Waals surface area contributed by atoms with Crippen molar-refractivity contribution in [2.45, 2.75) is 11.4 Å². The molecule has 2 heterocycles. The van der Waals surface area contributed by atoms with Gasteiger partial charge >= 0.3 is 0 Å². The average Bonchev–Trinajstić information content (AvgIpc) is 2.83. The van der Waals surface area contributed by atoms with E-state index in [1.807, 2.05) is 73.0 Å². The molecule has 0 amide bonds. The van der Waals surface area contributed by atoms with E-state index in [-0.39, 0.29) is 6.23 Å². The Morgan fingerprint density at radius 2 is 1.84 bits per heavy atom. The highest BCUT2D eigenvalue weighted by atomic mass is 32.2. The number of anilines is 1. The number of thioether (sulfide) groups is 1. The Balaban J connectivity index is 1.73. The fourth-order valence-corrected chi connectivity index (χ4v) is 2.90. The van der Waals surface area contributed by atoms with Crippen LogP contribution in [0.25, 0.3) is 17.3 Å². The van der Waals surface area contributed by atoms with E-state index >= 15 is 0 Å². The highest BCUT2D eigenvalue weighted by molar-refractivity contribution is 7.98. The van der Waals surface area contributed by atoms with Crippen LogP contribution in [0.1, 0.15) is 5.56 Å². The zero-order chi connectivity index (χ0) is 17.1. The maximum absolute atomic E-state index is 6.08. The van der Waals surface area contributed by atoms with Crippen LogP contribution in [0.2, 0.25) is 0 Å². The van der Waals surface area contributed by atoms with Gasteiger partial charge in [-0.25, -0.2) is 0 Å². The van der Waals surface area contributed by atoms with Gasteiger partial charge in [-0.1, -0.05) is 66.4 Å². The van der Waals surface area contributed by atoms with Crippen molar-refractivity contribution >= 4 is 23.5 Å². The molecular weight excluding hydrogens is 332 g/mol. The van der Waals surface area contributed by atoms with Gasteiger partial charge in [-0.05, 0) is 24.0 Å². The number of hydrogen-bond donors (Lipinski definition) is 1. The van der Waals surface area contributed by atoms with Gasteiger partial charge in [-0.3, -0.25) is 0 Å². The molecule has 1 N–H and O–H groups in total. The van der Waals surface area contributed by atoms with Crippen molar-refractivity contribution in [1.29, 1.82) is 0 Å². The van der Waals surface area contributed by atoms with Gasteiger partial charge in [0, 0.05) is 11.3 Å². The molecule has 0 radical (unpaired) electrons.